The number of aromatic nitrogens is 1. The van der Waals surface area contributed by atoms with Crippen LogP contribution in [0, 0.1) is 12.3 Å². The molecule has 2 aromatic rings. The minimum atomic E-state index is -1.02. The van der Waals surface area contributed by atoms with Gasteiger partial charge in [0.1, 0.15) is 18.0 Å². The Kier molecular flexibility index (Phi) is 7.24. The molecule has 0 radical (unpaired) electrons. The van der Waals surface area contributed by atoms with Gasteiger partial charge in [0.15, 0.2) is 11.5 Å². The number of aliphatic hydroxyl groups excluding tert-OH is 2. The van der Waals surface area contributed by atoms with Crippen molar-refractivity contribution in [1.29, 1.82) is 0 Å². The number of pyridine rings is 1. The summed E-state index contributed by atoms with van der Waals surface area (Å²) in [7, 11) is 1.62. The number of ether oxygens (including phenoxy) is 2. The molecule has 1 aromatic carbocycles. The summed E-state index contributed by atoms with van der Waals surface area (Å²) in [6, 6.07) is 9.89. The molecule has 1 aromatic heterocycles. The molecular formula is C27H37N3O5. The predicted molar refractivity (Wildman–Crippen MR) is 134 cm³/mol. The first-order valence-corrected chi connectivity index (χ1v) is 12.3. The molecule has 2 aliphatic rings. The number of benzene rings is 1. The van der Waals surface area contributed by atoms with Crippen molar-refractivity contribution >= 4 is 11.7 Å². The van der Waals surface area contributed by atoms with E-state index in [2.05, 4.69) is 22.9 Å². The molecule has 2 N–H and O–H groups in total. The van der Waals surface area contributed by atoms with Gasteiger partial charge in [0.2, 0.25) is 0 Å². The molecule has 1 amide bonds. The Bertz CT molecular complexity index is 1050. The van der Waals surface area contributed by atoms with Crippen molar-refractivity contribution in [2.75, 3.05) is 38.2 Å². The normalized spacial score (nSPS) is 24.1. The number of nitrogens with zero attached hydrogens (tertiary/aromatic N) is 3. The summed E-state index contributed by atoms with van der Waals surface area (Å²) in [6.45, 7) is 9.88. The second kappa shape index (κ2) is 10.0. The van der Waals surface area contributed by atoms with Gasteiger partial charge in [-0.3, -0.25) is 4.79 Å². The van der Waals surface area contributed by atoms with Crippen LogP contribution in [-0.2, 0) is 4.79 Å². The van der Waals surface area contributed by atoms with Crippen LogP contribution in [0.25, 0.3) is 0 Å². The summed E-state index contributed by atoms with van der Waals surface area (Å²) in [6.07, 6.45) is 0.525. The highest BCUT2D eigenvalue weighted by molar-refractivity contribution is 5.81. The second-order valence-electron chi connectivity index (χ2n) is 10.1. The van der Waals surface area contributed by atoms with Crippen LogP contribution >= 0.6 is 0 Å². The summed E-state index contributed by atoms with van der Waals surface area (Å²) in [5, 5.41) is 20.8. The lowest BCUT2D eigenvalue weighted by molar-refractivity contribution is -0.139. The van der Waals surface area contributed by atoms with Gasteiger partial charge >= 0.3 is 0 Å². The van der Waals surface area contributed by atoms with Gasteiger partial charge in [0.25, 0.3) is 5.91 Å². The van der Waals surface area contributed by atoms with Gasteiger partial charge in [-0.1, -0.05) is 19.9 Å². The smallest absolute Gasteiger partial charge is 0.251 e. The first-order chi connectivity index (χ1) is 16.7. The van der Waals surface area contributed by atoms with Crippen LogP contribution in [0.4, 0.5) is 5.82 Å². The minimum absolute atomic E-state index is 0.00552. The molecule has 35 heavy (non-hydrogen) atoms. The average Bonchev–Trinajstić information content (AvgIpc) is 3.18. The molecule has 0 saturated carbocycles. The van der Waals surface area contributed by atoms with Crippen LogP contribution in [0.3, 0.4) is 0 Å². The zero-order valence-electron chi connectivity index (χ0n) is 21.3. The fourth-order valence-corrected chi connectivity index (χ4v) is 5.05. The summed E-state index contributed by atoms with van der Waals surface area (Å²) >= 11 is 0. The van der Waals surface area contributed by atoms with E-state index in [1.54, 1.807) is 25.9 Å². The molecular weight excluding hydrogens is 446 g/mol. The number of carbonyl (C=O) groups excluding carboxylic acids is 1. The molecule has 0 unspecified atom stereocenters. The highest BCUT2D eigenvalue weighted by Gasteiger charge is 2.49. The third-order valence-electron chi connectivity index (χ3n) is 7.63. The van der Waals surface area contributed by atoms with E-state index in [-0.39, 0.29) is 17.9 Å². The largest absolute Gasteiger partial charge is 0.493 e. The average molecular weight is 484 g/mol. The number of methoxy groups -OCH3 is 1. The molecule has 8 nitrogen and oxygen atoms in total. The van der Waals surface area contributed by atoms with Crippen molar-refractivity contribution in [2.24, 2.45) is 5.41 Å². The fraction of sp³-hybridized carbons (Fsp3) is 0.556. The number of hydrogen-bond acceptors (Lipinski definition) is 7. The molecule has 3 heterocycles. The zero-order valence-corrected chi connectivity index (χ0v) is 21.3. The number of carbonyl (C=O) groups is 1. The summed E-state index contributed by atoms with van der Waals surface area (Å²) in [4.78, 5) is 21.0. The number of hydrogen-bond donors (Lipinski definition) is 2. The highest BCUT2D eigenvalue weighted by atomic mass is 16.5. The fourth-order valence-electron chi connectivity index (χ4n) is 5.05. The van der Waals surface area contributed by atoms with Gasteiger partial charge in [-0.25, -0.2) is 4.98 Å². The highest BCUT2D eigenvalue weighted by Crippen LogP contribution is 2.47. The standard InChI is InChI=1S/C27H37N3O5/c1-6-22(32)26(33)30-15-21(27(4,16-30)18(3)31)19-7-8-23(34-5)24(12-19)35-20-13-29(14-20)25-11-17(2)9-10-28-25/h7-12,18,20-22,31-32H,6,13-16H2,1-5H3/t18-,21+,22+,27+/m1/s1. The van der Waals surface area contributed by atoms with E-state index in [1.165, 1.54) is 5.56 Å². The SMILES string of the molecule is CC[C@H](O)C(=O)N1C[C@@H](c2ccc(OC)c(OC3CN(c4cc(C)ccn4)C3)c2)[C@](C)([C@@H](C)O)C1. The van der Waals surface area contributed by atoms with Gasteiger partial charge in [-0.2, -0.15) is 0 Å². The Labute approximate surface area is 207 Å². The molecule has 8 heteroatoms. The number of rotatable bonds is 8. The van der Waals surface area contributed by atoms with Gasteiger partial charge in [0, 0.05) is 30.6 Å². The quantitative estimate of drug-likeness (QED) is 0.596. The Morgan fingerprint density at radius 3 is 2.57 bits per heavy atom. The Hall–Kier alpha value is -2.84. The maximum Gasteiger partial charge on any atom is 0.251 e. The number of aryl methyl sites for hydroxylation is 1. The first kappa shape index (κ1) is 25.3. The molecule has 0 spiro atoms. The van der Waals surface area contributed by atoms with Gasteiger partial charge in [-0.05, 0) is 55.7 Å². The van der Waals surface area contributed by atoms with Gasteiger partial charge in [0.05, 0.1) is 26.3 Å². The van der Waals surface area contributed by atoms with Crippen LogP contribution in [-0.4, -0.2) is 77.6 Å². The Balaban J connectivity index is 1.53. The van der Waals surface area contributed by atoms with Crippen LogP contribution in [0.5, 0.6) is 11.5 Å². The van der Waals surface area contributed by atoms with E-state index in [0.29, 0.717) is 31.0 Å². The number of likely N-dealkylation sites (tertiary alicyclic amines) is 1. The third-order valence-corrected chi connectivity index (χ3v) is 7.63. The molecule has 4 atom stereocenters. The molecule has 2 saturated heterocycles. The third kappa shape index (κ3) is 4.95. The maximum absolute atomic E-state index is 12.7. The van der Waals surface area contributed by atoms with E-state index in [4.69, 9.17) is 9.47 Å². The number of aliphatic hydroxyl groups is 2. The van der Waals surface area contributed by atoms with Crippen molar-refractivity contribution in [2.45, 2.75) is 58.3 Å². The molecule has 190 valence electrons. The lowest BCUT2D eigenvalue weighted by Gasteiger charge is -2.40. The minimum Gasteiger partial charge on any atom is -0.493 e. The van der Waals surface area contributed by atoms with E-state index in [9.17, 15) is 15.0 Å². The zero-order chi connectivity index (χ0) is 25.3. The molecule has 4 rings (SSSR count). The van der Waals surface area contributed by atoms with Crippen molar-refractivity contribution in [1.82, 2.24) is 9.88 Å². The van der Waals surface area contributed by atoms with Gasteiger partial charge < -0.3 is 29.5 Å². The second-order valence-corrected chi connectivity index (χ2v) is 10.1. The van der Waals surface area contributed by atoms with Crippen LogP contribution in [0.1, 0.15) is 44.2 Å². The van der Waals surface area contributed by atoms with Crippen molar-refractivity contribution in [3.05, 3.63) is 47.7 Å². The van der Waals surface area contributed by atoms with Crippen LogP contribution in [0.15, 0.2) is 36.5 Å². The lowest BCUT2D eigenvalue weighted by Crippen LogP contribution is -2.54. The monoisotopic (exact) mass is 483 g/mol. The van der Waals surface area contributed by atoms with E-state index in [0.717, 1.165) is 24.5 Å². The van der Waals surface area contributed by atoms with Crippen molar-refractivity contribution in [3.8, 4) is 11.5 Å². The summed E-state index contributed by atoms with van der Waals surface area (Å²) < 4.78 is 11.9. The molecule has 0 bridgehead atoms. The summed E-state index contributed by atoms with van der Waals surface area (Å²) in [5.41, 5.74) is 1.59. The Morgan fingerprint density at radius 1 is 1.20 bits per heavy atom. The van der Waals surface area contributed by atoms with E-state index >= 15 is 0 Å². The van der Waals surface area contributed by atoms with Crippen molar-refractivity contribution < 1.29 is 24.5 Å². The lowest BCUT2D eigenvalue weighted by atomic mass is 9.72. The molecule has 0 aliphatic carbocycles. The van der Waals surface area contributed by atoms with Gasteiger partial charge in [-0.15, -0.1) is 0 Å². The Morgan fingerprint density at radius 2 is 1.94 bits per heavy atom. The predicted octanol–water partition coefficient (Wildman–Crippen LogP) is 2.75. The summed E-state index contributed by atoms with van der Waals surface area (Å²) in [5.74, 6) is 1.85. The van der Waals surface area contributed by atoms with Crippen molar-refractivity contribution in [3.63, 3.8) is 0 Å². The van der Waals surface area contributed by atoms with Crippen LogP contribution < -0.4 is 14.4 Å². The first-order valence-electron chi connectivity index (χ1n) is 12.3. The maximum atomic E-state index is 12.7. The molecule has 2 fully saturated rings. The molecule has 2 aliphatic heterocycles. The van der Waals surface area contributed by atoms with Crippen LogP contribution in [0.2, 0.25) is 0 Å². The topological polar surface area (TPSA) is 95.4 Å². The van der Waals surface area contributed by atoms with E-state index < -0.39 is 17.6 Å². The number of anilines is 1. The number of amides is 1. The van der Waals surface area contributed by atoms with E-state index in [1.807, 2.05) is 37.4 Å².